The minimum atomic E-state index is 0.143. The zero-order chi connectivity index (χ0) is 20.5. The third-order valence-electron chi connectivity index (χ3n) is 5.47. The summed E-state index contributed by atoms with van der Waals surface area (Å²) in [5.74, 6) is 1.66. The molecular formula is C23H22BrN5O. The van der Waals surface area contributed by atoms with Crippen molar-refractivity contribution >= 4 is 32.7 Å². The van der Waals surface area contributed by atoms with Crippen molar-refractivity contribution in [3.05, 3.63) is 76.7 Å². The van der Waals surface area contributed by atoms with Gasteiger partial charge >= 0.3 is 0 Å². The van der Waals surface area contributed by atoms with E-state index in [-0.39, 0.29) is 6.10 Å². The smallest absolute Gasteiger partial charge is 0.159 e. The van der Waals surface area contributed by atoms with Crippen LogP contribution in [0.4, 0.5) is 5.82 Å². The summed E-state index contributed by atoms with van der Waals surface area (Å²) in [4.78, 5) is 11.3. The van der Waals surface area contributed by atoms with Crippen LogP contribution in [0.2, 0.25) is 0 Å². The lowest BCUT2D eigenvalue weighted by Crippen LogP contribution is -2.43. The van der Waals surface area contributed by atoms with Crippen molar-refractivity contribution in [2.45, 2.75) is 19.4 Å². The largest absolute Gasteiger partial charge is 0.374 e. The second-order valence-corrected chi connectivity index (χ2v) is 8.43. The quantitative estimate of drug-likeness (QED) is 0.450. The van der Waals surface area contributed by atoms with Gasteiger partial charge < -0.3 is 9.64 Å². The number of fused-ring (bicyclic) bond motifs is 1. The van der Waals surface area contributed by atoms with E-state index in [2.05, 4.69) is 79.2 Å². The van der Waals surface area contributed by atoms with Crippen molar-refractivity contribution in [2.24, 2.45) is 0 Å². The number of aryl methyl sites for hydroxylation is 1. The molecule has 30 heavy (non-hydrogen) atoms. The second kappa shape index (κ2) is 8.16. The number of rotatable bonds is 4. The van der Waals surface area contributed by atoms with E-state index < -0.39 is 0 Å². The first-order chi connectivity index (χ1) is 14.7. The number of morpholine rings is 1. The fraction of sp³-hybridized carbons (Fsp3) is 0.261. The molecule has 1 aliphatic rings. The van der Waals surface area contributed by atoms with E-state index >= 15 is 0 Å². The molecule has 0 spiro atoms. The molecule has 0 aliphatic carbocycles. The zero-order valence-electron chi connectivity index (χ0n) is 16.7. The van der Waals surface area contributed by atoms with Crippen LogP contribution in [0.25, 0.3) is 16.7 Å². The highest BCUT2D eigenvalue weighted by molar-refractivity contribution is 9.10. The van der Waals surface area contributed by atoms with Crippen LogP contribution in [-0.4, -0.2) is 45.5 Å². The Kier molecular flexibility index (Phi) is 5.23. The van der Waals surface area contributed by atoms with Crippen LogP contribution in [0, 0.1) is 6.92 Å². The Hall–Kier alpha value is -2.77. The highest BCUT2D eigenvalue weighted by atomic mass is 79.9. The summed E-state index contributed by atoms with van der Waals surface area (Å²) >= 11 is 3.62. The molecule has 6 nitrogen and oxygen atoms in total. The number of nitrogens with zero attached hydrogens (tertiary/aromatic N) is 5. The summed E-state index contributed by atoms with van der Waals surface area (Å²) in [5.41, 5.74) is 3.49. The normalized spacial score (nSPS) is 16.9. The van der Waals surface area contributed by atoms with Gasteiger partial charge in [-0.15, -0.1) is 0 Å². The minimum Gasteiger partial charge on any atom is -0.374 e. The Balaban J connectivity index is 1.40. The summed E-state index contributed by atoms with van der Waals surface area (Å²) < 4.78 is 8.94. The molecule has 1 atom stereocenters. The van der Waals surface area contributed by atoms with Crippen molar-refractivity contribution in [1.29, 1.82) is 0 Å². The first-order valence-electron chi connectivity index (χ1n) is 10.0. The van der Waals surface area contributed by atoms with Gasteiger partial charge in [0.05, 0.1) is 24.4 Å². The van der Waals surface area contributed by atoms with Gasteiger partial charge in [-0.2, -0.15) is 5.10 Å². The van der Waals surface area contributed by atoms with Crippen LogP contribution < -0.4 is 4.90 Å². The molecular weight excluding hydrogens is 442 g/mol. The number of ether oxygens (including phenoxy) is 1. The van der Waals surface area contributed by atoms with Crippen molar-refractivity contribution in [3.8, 4) is 5.82 Å². The molecule has 0 bridgehead atoms. The van der Waals surface area contributed by atoms with E-state index in [1.165, 1.54) is 11.1 Å². The van der Waals surface area contributed by atoms with Crippen LogP contribution in [0.1, 0.15) is 11.1 Å². The number of anilines is 1. The van der Waals surface area contributed by atoms with Crippen molar-refractivity contribution in [3.63, 3.8) is 0 Å². The summed E-state index contributed by atoms with van der Waals surface area (Å²) in [7, 11) is 0. The zero-order valence-corrected chi connectivity index (χ0v) is 18.3. The van der Waals surface area contributed by atoms with Crippen molar-refractivity contribution in [2.75, 3.05) is 24.6 Å². The lowest BCUT2D eigenvalue weighted by Gasteiger charge is -2.33. The maximum absolute atomic E-state index is 6.01. The van der Waals surface area contributed by atoms with Gasteiger partial charge in [-0.1, -0.05) is 46.3 Å². The molecule has 1 saturated heterocycles. The van der Waals surface area contributed by atoms with Crippen molar-refractivity contribution in [1.82, 2.24) is 19.7 Å². The number of halogens is 1. The third kappa shape index (κ3) is 3.82. The van der Waals surface area contributed by atoms with E-state index in [9.17, 15) is 0 Å². The summed E-state index contributed by atoms with van der Waals surface area (Å²) in [6, 6.07) is 16.7. The third-order valence-corrected chi connectivity index (χ3v) is 6.33. The van der Waals surface area contributed by atoms with E-state index in [1.807, 2.05) is 23.0 Å². The Bertz CT molecular complexity index is 1180. The van der Waals surface area contributed by atoms with Gasteiger partial charge in [-0.25, -0.2) is 14.6 Å². The topological polar surface area (TPSA) is 56.1 Å². The number of hydrogen-bond donors (Lipinski definition) is 0. The Morgan fingerprint density at radius 1 is 1.10 bits per heavy atom. The second-order valence-electron chi connectivity index (χ2n) is 7.58. The molecule has 3 heterocycles. The van der Waals surface area contributed by atoms with Crippen LogP contribution in [0.15, 0.2) is 65.5 Å². The lowest BCUT2D eigenvalue weighted by atomic mass is 10.1. The molecule has 7 heteroatoms. The van der Waals surface area contributed by atoms with E-state index in [1.54, 1.807) is 6.33 Å². The summed E-state index contributed by atoms with van der Waals surface area (Å²) in [6.45, 7) is 4.38. The van der Waals surface area contributed by atoms with Crippen LogP contribution in [0.5, 0.6) is 0 Å². The molecule has 5 rings (SSSR count). The first kappa shape index (κ1) is 19.2. The molecule has 152 valence electrons. The molecule has 0 N–H and O–H groups in total. The molecule has 2 aromatic heterocycles. The van der Waals surface area contributed by atoms with Gasteiger partial charge in [0.15, 0.2) is 5.82 Å². The monoisotopic (exact) mass is 463 g/mol. The molecule has 1 aliphatic heterocycles. The Morgan fingerprint density at radius 2 is 1.93 bits per heavy atom. The predicted molar refractivity (Wildman–Crippen MR) is 121 cm³/mol. The van der Waals surface area contributed by atoms with Crippen molar-refractivity contribution < 1.29 is 4.74 Å². The number of aromatic nitrogens is 4. The van der Waals surface area contributed by atoms with Gasteiger partial charge in [0.1, 0.15) is 12.1 Å². The number of hydrogen-bond acceptors (Lipinski definition) is 5. The van der Waals surface area contributed by atoms with E-state index in [4.69, 9.17) is 4.74 Å². The highest BCUT2D eigenvalue weighted by Crippen LogP contribution is 2.26. The van der Waals surface area contributed by atoms with E-state index in [0.29, 0.717) is 6.61 Å². The minimum absolute atomic E-state index is 0.143. The van der Waals surface area contributed by atoms with Crippen LogP contribution >= 0.6 is 15.9 Å². The highest BCUT2D eigenvalue weighted by Gasteiger charge is 2.22. The molecule has 0 amide bonds. The van der Waals surface area contributed by atoms with Gasteiger partial charge in [-0.3, -0.25) is 0 Å². The Labute approximate surface area is 183 Å². The molecule has 1 unspecified atom stereocenters. The van der Waals surface area contributed by atoms with Crippen LogP contribution in [0.3, 0.4) is 0 Å². The standard InChI is InChI=1S/C23H22BrN5O/c1-16-9-18-13-27-29(21(18)11-20(16)24)23-12-22(25-15-26-23)28-7-8-30-19(14-28)10-17-5-3-2-4-6-17/h2-6,9,11-13,15,19H,7-8,10,14H2,1H3. The lowest BCUT2D eigenvalue weighted by molar-refractivity contribution is 0.0408. The Morgan fingerprint density at radius 3 is 2.80 bits per heavy atom. The first-order valence-corrected chi connectivity index (χ1v) is 10.8. The molecule has 2 aromatic carbocycles. The number of benzene rings is 2. The van der Waals surface area contributed by atoms with Gasteiger partial charge in [-0.05, 0) is 30.2 Å². The molecule has 0 saturated carbocycles. The predicted octanol–water partition coefficient (Wildman–Crippen LogP) is 4.33. The summed E-state index contributed by atoms with van der Waals surface area (Å²) in [5, 5.41) is 5.66. The maximum Gasteiger partial charge on any atom is 0.159 e. The molecule has 0 radical (unpaired) electrons. The average molecular weight is 464 g/mol. The van der Waals surface area contributed by atoms with Gasteiger partial charge in [0.25, 0.3) is 0 Å². The fourth-order valence-electron chi connectivity index (χ4n) is 3.90. The molecule has 1 fully saturated rings. The summed E-state index contributed by atoms with van der Waals surface area (Å²) in [6.07, 6.45) is 4.53. The fourth-order valence-corrected chi connectivity index (χ4v) is 4.23. The maximum atomic E-state index is 6.01. The molecule has 4 aromatic rings. The average Bonchev–Trinajstić information content (AvgIpc) is 3.17. The van der Waals surface area contributed by atoms with Gasteiger partial charge in [0.2, 0.25) is 0 Å². The SMILES string of the molecule is Cc1cc2cnn(-c3cc(N4CCOC(Cc5ccccc5)C4)ncn3)c2cc1Br. The van der Waals surface area contributed by atoms with Gasteiger partial charge in [0, 0.05) is 35.4 Å². The van der Waals surface area contributed by atoms with E-state index in [0.717, 1.165) is 46.5 Å². The van der Waals surface area contributed by atoms with Crippen LogP contribution in [-0.2, 0) is 11.2 Å².